The van der Waals surface area contributed by atoms with E-state index < -0.39 is 0 Å². The van der Waals surface area contributed by atoms with Gasteiger partial charge in [0.15, 0.2) is 5.78 Å². The number of halogens is 2. The van der Waals surface area contributed by atoms with Crippen LogP contribution in [0.4, 0.5) is 0 Å². The van der Waals surface area contributed by atoms with Gasteiger partial charge >= 0.3 is 0 Å². The molecule has 0 aliphatic rings. The fourth-order valence-corrected chi connectivity index (χ4v) is 3.08. The van der Waals surface area contributed by atoms with Crippen molar-refractivity contribution in [3.63, 3.8) is 0 Å². The summed E-state index contributed by atoms with van der Waals surface area (Å²) in [6, 6.07) is 13.4. The number of hydrogen-bond donors (Lipinski definition) is 0. The summed E-state index contributed by atoms with van der Waals surface area (Å²) in [6.07, 6.45) is 0.934. The molecule has 0 saturated carbocycles. The van der Waals surface area contributed by atoms with Crippen molar-refractivity contribution in [3.05, 3.63) is 68.1 Å². The molecule has 0 aliphatic heterocycles. The van der Waals surface area contributed by atoms with Crippen LogP contribution in [0, 0.1) is 0 Å². The van der Waals surface area contributed by atoms with Gasteiger partial charge in [-0.2, -0.15) is 0 Å². The van der Waals surface area contributed by atoms with Gasteiger partial charge in [0.05, 0.1) is 0 Å². The average molecular weight is 368 g/mol. The standard InChI is InChI=1S/C15H12Br2O/c1-2-10-4-3-5-11(6-10)15(18)12-7-13(16)9-14(17)8-12/h3-9H,2H2,1H3. The van der Waals surface area contributed by atoms with Crippen LogP contribution in [-0.4, -0.2) is 5.78 Å². The molecule has 0 N–H and O–H groups in total. The predicted octanol–water partition coefficient (Wildman–Crippen LogP) is 5.01. The van der Waals surface area contributed by atoms with Gasteiger partial charge in [-0.25, -0.2) is 0 Å². The predicted molar refractivity (Wildman–Crippen MR) is 81.1 cm³/mol. The molecule has 0 atom stereocenters. The Morgan fingerprint density at radius 3 is 2.28 bits per heavy atom. The molecule has 0 fully saturated rings. The van der Waals surface area contributed by atoms with E-state index in [1.165, 1.54) is 5.56 Å². The largest absolute Gasteiger partial charge is 0.289 e. The lowest BCUT2D eigenvalue weighted by molar-refractivity contribution is 0.103. The molecule has 2 aromatic rings. The highest BCUT2D eigenvalue weighted by Gasteiger charge is 2.10. The highest BCUT2D eigenvalue weighted by atomic mass is 79.9. The van der Waals surface area contributed by atoms with Gasteiger partial charge in [-0.3, -0.25) is 4.79 Å². The summed E-state index contributed by atoms with van der Waals surface area (Å²) in [5, 5.41) is 0. The van der Waals surface area contributed by atoms with Crippen molar-refractivity contribution >= 4 is 37.6 Å². The monoisotopic (exact) mass is 366 g/mol. The lowest BCUT2D eigenvalue weighted by Gasteiger charge is -2.05. The zero-order valence-corrected chi connectivity index (χ0v) is 13.1. The molecule has 0 heterocycles. The maximum atomic E-state index is 12.4. The molecule has 2 rings (SSSR count). The molecule has 0 unspecified atom stereocenters. The fourth-order valence-electron chi connectivity index (χ4n) is 1.78. The molecule has 92 valence electrons. The number of ketones is 1. The van der Waals surface area contributed by atoms with E-state index in [1.54, 1.807) is 0 Å². The lowest BCUT2D eigenvalue weighted by atomic mass is 10.0. The molecule has 0 aromatic heterocycles. The first-order chi connectivity index (χ1) is 8.60. The molecule has 18 heavy (non-hydrogen) atoms. The lowest BCUT2D eigenvalue weighted by Crippen LogP contribution is -2.02. The zero-order chi connectivity index (χ0) is 13.1. The second-order valence-corrected chi connectivity index (χ2v) is 5.87. The van der Waals surface area contributed by atoms with Gasteiger partial charge in [0, 0.05) is 20.1 Å². The Balaban J connectivity index is 2.41. The van der Waals surface area contributed by atoms with Crippen molar-refractivity contribution in [1.29, 1.82) is 0 Å². The minimum atomic E-state index is 0.0484. The third kappa shape index (κ3) is 3.09. The van der Waals surface area contributed by atoms with E-state index in [4.69, 9.17) is 0 Å². The number of aryl methyl sites for hydroxylation is 1. The Labute approximate surface area is 123 Å². The molecule has 3 heteroatoms. The Kier molecular flexibility index (Phi) is 4.36. The summed E-state index contributed by atoms with van der Waals surface area (Å²) in [5.41, 5.74) is 2.60. The number of carbonyl (C=O) groups is 1. The van der Waals surface area contributed by atoms with Crippen LogP contribution in [0.1, 0.15) is 28.4 Å². The van der Waals surface area contributed by atoms with E-state index in [0.717, 1.165) is 20.9 Å². The molecule has 0 radical (unpaired) electrons. The van der Waals surface area contributed by atoms with Gasteiger partial charge in [-0.15, -0.1) is 0 Å². The summed E-state index contributed by atoms with van der Waals surface area (Å²) in [5.74, 6) is 0.0484. The first-order valence-corrected chi connectivity index (χ1v) is 7.28. The first-order valence-electron chi connectivity index (χ1n) is 5.70. The fraction of sp³-hybridized carbons (Fsp3) is 0.133. The van der Waals surface area contributed by atoms with Gasteiger partial charge in [0.2, 0.25) is 0 Å². The summed E-state index contributed by atoms with van der Waals surface area (Å²) in [6.45, 7) is 2.08. The molecule has 0 spiro atoms. The Morgan fingerprint density at radius 2 is 1.67 bits per heavy atom. The van der Waals surface area contributed by atoms with E-state index in [-0.39, 0.29) is 5.78 Å². The van der Waals surface area contributed by atoms with Crippen molar-refractivity contribution in [1.82, 2.24) is 0 Å². The molecule has 0 aliphatic carbocycles. The molecular weight excluding hydrogens is 356 g/mol. The topological polar surface area (TPSA) is 17.1 Å². The maximum Gasteiger partial charge on any atom is 0.193 e. The molecule has 2 aromatic carbocycles. The van der Waals surface area contributed by atoms with E-state index >= 15 is 0 Å². The van der Waals surface area contributed by atoms with Gasteiger partial charge in [-0.1, -0.05) is 57.0 Å². The minimum absolute atomic E-state index is 0.0484. The minimum Gasteiger partial charge on any atom is -0.289 e. The van der Waals surface area contributed by atoms with Crippen LogP contribution in [-0.2, 0) is 6.42 Å². The highest BCUT2D eigenvalue weighted by molar-refractivity contribution is 9.11. The Morgan fingerprint density at radius 1 is 1.00 bits per heavy atom. The summed E-state index contributed by atoms with van der Waals surface area (Å²) < 4.78 is 1.79. The van der Waals surface area contributed by atoms with Crippen molar-refractivity contribution in [2.24, 2.45) is 0 Å². The van der Waals surface area contributed by atoms with Gasteiger partial charge in [0.1, 0.15) is 0 Å². The van der Waals surface area contributed by atoms with Crippen LogP contribution in [0.2, 0.25) is 0 Å². The van der Waals surface area contributed by atoms with Crippen molar-refractivity contribution in [2.45, 2.75) is 13.3 Å². The van der Waals surface area contributed by atoms with Gasteiger partial charge in [-0.05, 0) is 36.2 Å². The van der Waals surface area contributed by atoms with E-state index in [2.05, 4.69) is 38.8 Å². The van der Waals surface area contributed by atoms with Crippen LogP contribution in [0.3, 0.4) is 0 Å². The number of carbonyl (C=O) groups excluding carboxylic acids is 1. The summed E-state index contributed by atoms with van der Waals surface area (Å²) in [4.78, 5) is 12.4. The second-order valence-electron chi connectivity index (χ2n) is 4.04. The normalized spacial score (nSPS) is 10.4. The molecule has 0 amide bonds. The van der Waals surface area contributed by atoms with Gasteiger partial charge < -0.3 is 0 Å². The van der Waals surface area contributed by atoms with E-state index in [1.807, 2.05) is 42.5 Å². The zero-order valence-electron chi connectivity index (χ0n) is 9.91. The summed E-state index contributed by atoms with van der Waals surface area (Å²) in [7, 11) is 0. The quantitative estimate of drug-likeness (QED) is 0.697. The molecule has 0 saturated heterocycles. The van der Waals surface area contributed by atoms with Crippen molar-refractivity contribution < 1.29 is 4.79 Å². The third-order valence-corrected chi connectivity index (χ3v) is 3.64. The maximum absolute atomic E-state index is 12.4. The van der Waals surface area contributed by atoms with Crippen LogP contribution in [0.15, 0.2) is 51.4 Å². The van der Waals surface area contributed by atoms with Gasteiger partial charge in [0.25, 0.3) is 0 Å². The van der Waals surface area contributed by atoms with E-state index in [9.17, 15) is 4.79 Å². The van der Waals surface area contributed by atoms with Crippen LogP contribution >= 0.6 is 31.9 Å². The average Bonchev–Trinajstić information content (AvgIpc) is 2.37. The number of rotatable bonds is 3. The van der Waals surface area contributed by atoms with Crippen molar-refractivity contribution in [3.8, 4) is 0 Å². The van der Waals surface area contributed by atoms with E-state index in [0.29, 0.717) is 5.56 Å². The Bertz CT molecular complexity index is 571. The van der Waals surface area contributed by atoms with Crippen LogP contribution in [0.25, 0.3) is 0 Å². The number of hydrogen-bond acceptors (Lipinski definition) is 1. The smallest absolute Gasteiger partial charge is 0.193 e. The highest BCUT2D eigenvalue weighted by Crippen LogP contribution is 2.22. The first kappa shape index (κ1) is 13.5. The number of benzene rings is 2. The van der Waals surface area contributed by atoms with Crippen molar-refractivity contribution in [2.75, 3.05) is 0 Å². The SMILES string of the molecule is CCc1cccc(C(=O)c2cc(Br)cc(Br)c2)c1. The Hall–Kier alpha value is -0.930. The van der Waals surface area contributed by atoms with Crippen LogP contribution < -0.4 is 0 Å². The molecular formula is C15H12Br2O. The summed E-state index contributed by atoms with van der Waals surface area (Å²) >= 11 is 6.80. The molecule has 0 bridgehead atoms. The third-order valence-electron chi connectivity index (χ3n) is 2.72. The molecule has 1 nitrogen and oxygen atoms in total. The van der Waals surface area contributed by atoms with Crippen LogP contribution in [0.5, 0.6) is 0 Å². The second kappa shape index (κ2) is 5.81.